The molecule has 3 rings (SSSR count). The van der Waals surface area contributed by atoms with Crippen LogP contribution in [0.2, 0.25) is 0 Å². The molecule has 1 aliphatic rings. The number of aliphatic hydroxyl groups excluding tert-OH is 3. The molecule has 0 bridgehead atoms. The van der Waals surface area contributed by atoms with Crippen molar-refractivity contribution in [1.29, 1.82) is 0 Å². The zero-order chi connectivity index (χ0) is 26.6. The van der Waals surface area contributed by atoms with Crippen molar-refractivity contribution in [1.82, 2.24) is 9.78 Å². The molecule has 0 aliphatic carbocycles. The lowest BCUT2D eigenvalue weighted by atomic mass is 9.99. The largest absolute Gasteiger partial charge is 0.508 e. The highest BCUT2D eigenvalue weighted by Crippen LogP contribution is 2.31. The van der Waals surface area contributed by atoms with Crippen LogP contribution in [0.5, 0.6) is 5.88 Å². The smallest absolute Gasteiger partial charge is 0.443 e. The molecule has 0 radical (unpaired) electrons. The highest BCUT2D eigenvalue weighted by atomic mass is 16.7. The molecular formula is C26H38N2O8. The van der Waals surface area contributed by atoms with E-state index in [1.807, 2.05) is 25.5 Å². The number of carbonyl (C=O) groups is 1. The summed E-state index contributed by atoms with van der Waals surface area (Å²) in [4.78, 5) is 11.7. The van der Waals surface area contributed by atoms with Crippen LogP contribution in [0.3, 0.4) is 0 Å². The van der Waals surface area contributed by atoms with Crippen LogP contribution < -0.4 is 4.74 Å². The normalized spacial score (nSPS) is 24.2. The van der Waals surface area contributed by atoms with E-state index in [0.717, 1.165) is 23.2 Å². The van der Waals surface area contributed by atoms with E-state index in [9.17, 15) is 20.1 Å². The Balaban J connectivity index is 1.81. The summed E-state index contributed by atoms with van der Waals surface area (Å²) in [5, 5.41) is 36.0. The van der Waals surface area contributed by atoms with Crippen molar-refractivity contribution in [3.05, 3.63) is 46.6 Å². The van der Waals surface area contributed by atoms with Crippen molar-refractivity contribution >= 4 is 6.16 Å². The van der Waals surface area contributed by atoms with Crippen LogP contribution in [0.25, 0.3) is 0 Å². The summed E-state index contributed by atoms with van der Waals surface area (Å²) in [5.74, 6) is 0.257. The second kappa shape index (κ2) is 12.1. The average molecular weight is 507 g/mol. The molecule has 10 heteroatoms. The number of ether oxygens (including phenoxy) is 4. The van der Waals surface area contributed by atoms with Gasteiger partial charge in [-0.05, 0) is 52.2 Å². The van der Waals surface area contributed by atoms with Crippen LogP contribution in [-0.2, 0) is 27.1 Å². The maximum Gasteiger partial charge on any atom is 0.508 e. The summed E-state index contributed by atoms with van der Waals surface area (Å²) in [5.41, 5.74) is 4.03. The third-order valence-electron chi connectivity index (χ3n) is 6.13. The van der Waals surface area contributed by atoms with Crippen LogP contribution >= 0.6 is 0 Å². The van der Waals surface area contributed by atoms with Gasteiger partial charge in [-0.15, -0.1) is 5.10 Å². The molecule has 200 valence electrons. The lowest BCUT2D eigenvalue weighted by Gasteiger charge is -2.39. The zero-order valence-electron chi connectivity index (χ0n) is 21.7. The van der Waals surface area contributed by atoms with Crippen LogP contribution in [-0.4, -0.2) is 74.7 Å². The van der Waals surface area contributed by atoms with Gasteiger partial charge in [0, 0.05) is 23.7 Å². The fraction of sp³-hybridized carbons (Fsp3) is 0.615. The molecule has 5 atom stereocenters. The summed E-state index contributed by atoms with van der Waals surface area (Å²) in [6.45, 7) is 11.0. The Labute approximate surface area is 211 Å². The zero-order valence-corrected chi connectivity index (χ0v) is 21.7. The highest BCUT2D eigenvalue weighted by molar-refractivity contribution is 5.60. The molecule has 2 heterocycles. The predicted molar refractivity (Wildman–Crippen MR) is 131 cm³/mol. The molecule has 0 amide bonds. The van der Waals surface area contributed by atoms with Gasteiger partial charge < -0.3 is 34.3 Å². The monoisotopic (exact) mass is 506 g/mol. The Morgan fingerprint density at radius 2 is 1.69 bits per heavy atom. The maximum atomic E-state index is 11.7. The van der Waals surface area contributed by atoms with E-state index in [-0.39, 0.29) is 18.0 Å². The molecular weight excluding hydrogens is 468 g/mol. The molecule has 36 heavy (non-hydrogen) atoms. The first-order valence-electron chi connectivity index (χ1n) is 12.4. The number of hydrogen-bond donors (Lipinski definition) is 3. The standard InChI is InChI=1S/C26H38N2O8/c1-7-17-8-10-18(11-9-17)12-19-16(6)28(14(2)3)27-24(19)36-25-23(31)22(30)21(29)20(35-25)13-33-26(32)34-15(4)5/h8-11,14-15,20-23,25,29-31H,7,12-13H2,1-6H3/t20-,21-,22+,23-,25+/m1/s1. The van der Waals surface area contributed by atoms with Crippen LogP contribution in [0.15, 0.2) is 24.3 Å². The van der Waals surface area contributed by atoms with Gasteiger partial charge in [-0.1, -0.05) is 31.2 Å². The van der Waals surface area contributed by atoms with Crippen molar-refractivity contribution in [2.45, 2.75) is 97.2 Å². The molecule has 1 aliphatic heterocycles. The quantitative estimate of drug-likeness (QED) is 0.439. The third kappa shape index (κ3) is 6.56. The fourth-order valence-corrected chi connectivity index (χ4v) is 4.06. The number of aliphatic hydroxyl groups is 3. The van der Waals surface area contributed by atoms with Gasteiger partial charge in [0.15, 0.2) is 0 Å². The first-order chi connectivity index (χ1) is 17.0. The van der Waals surface area contributed by atoms with Gasteiger partial charge in [-0.25, -0.2) is 4.79 Å². The molecule has 1 aromatic carbocycles. The summed E-state index contributed by atoms with van der Waals surface area (Å²) >= 11 is 0. The van der Waals surface area contributed by atoms with Gasteiger partial charge in [0.25, 0.3) is 0 Å². The van der Waals surface area contributed by atoms with E-state index in [0.29, 0.717) is 6.42 Å². The Kier molecular flexibility index (Phi) is 9.35. The highest BCUT2D eigenvalue weighted by Gasteiger charge is 2.46. The van der Waals surface area contributed by atoms with Gasteiger partial charge in [0.05, 0.1) is 6.10 Å². The first-order valence-corrected chi connectivity index (χ1v) is 12.4. The third-order valence-corrected chi connectivity index (χ3v) is 6.13. The minimum absolute atomic E-state index is 0.0568. The molecule has 1 saturated heterocycles. The summed E-state index contributed by atoms with van der Waals surface area (Å²) in [6, 6.07) is 8.34. The van der Waals surface area contributed by atoms with Gasteiger partial charge >= 0.3 is 6.16 Å². The Morgan fingerprint density at radius 1 is 1.06 bits per heavy atom. The number of aromatic nitrogens is 2. The van der Waals surface area contributed by atoms with E-state index < -0.39 is 43.5 Å². The number of benzene rings is 1. The average Bonchev–Trinajstić information content (AvgIpc) is 3.13. The molecule has 10 nitrogen and oxygen atoms in total. The molecule has 0 unspecified atom stereocenters. The topological polar surface area (TPSA) is 133 Å². The molecule has 1 aromatic heterocycles. The van der Waals surface area contributed by atoms with Gasteiger partial charge in [0.1, 0.15) is 31.0 Å². The second-order valence-corrected chi connectivity index (χ2v) is 9.61. The Morgan fingerprint density at radius 3 is 2.28 bits per heavy atom. The molecule has 0 saturated carbocycles. The predicted octanol–water partition coefficient (Wildman–Crippen LogP) is 2.67. The number of hydrogen-bond acceptors (Lipinski definition) is 9. The van der Waals surface area contributed by atoms with Gasteiger partial charge in [0.2, 0.25) is 12.2 Å². The number of aryl methyl sites for hydroxylation is 1. The van der Waals surface area contributed by atoms with Crippen molar-refractivity contribution in [2.75, 3.05) is 6.61 Å². The van der Waals surface area contributed by atoms with E-state index >= 15 is 0 Å². The maximum absolute atomic E-state index is 11.7. The van der Waals surface area contributed by atoms with Gasteiger partial charge in [-0.2, -0.15) is 0 Å². The number of rotatable bonds is 9. The molecule has 3 N–H and O–H groups in total. The van der Waals surface area contributed by atoms with E-state index in [4.69, 9.17) is 18.9 Å². The van der Waals surface area contributed by atoms with E-state index in [2.05, 4.69) is 36.3 Å². The lowest BCUT2D eigenvalue weighted by molar-refractivity contribution is -0.278. The second-order valence-electron chi connectivity index (χ2n) is 9.61. The summed E-state index contributed by atoms with van der Waals surface area (Å²) in [7, 11) is 0. The van der Waals surface area contributed by atoms with Gasteiger partial charge in [-0.3, -0.25) is 4.68 Å². The first kappa shape index (κ1) is 27.9. The number of carbonyl (C=O) groups excluding carboxylic acids is 1. The SMILES string of the molecule is CCc1ccc(Cc2c(O[C@@H]3O[C@H](COC(=O)OC(C)C)[C@@H](O)[C@H](O)[C@H]3O)nn(C(C)C)c2C)cc1. The Hall–Kier alpha value is -2.66. The van der Waals surface area contributed by atoms with Crippen molar-refractivity contribution in [3.8, 4) is 5.88 Å². The minimum Gasteiger partial charge on any atom is -0.443 e. The van der Waals surface area contributed by atoms with E-state index in [1.54, 1.807) is 13.8 Å². The minimum atomic E-state index is -1.59. The van der Waals surface area contributed by atoms with Crippen molar-refractivity contribution < 1.29 is 39.1 Å². The summed E-state index contributed by atoms with van der Waals surface area (Å²) in [6.07, 6.45) is -6.96. The molecule has 0 spiro atoms. The fourth-order valence-electron chi connectivity index (χ4n) is 4.06. The van der Waals surface area contributed by atoms with Crippen LogP contribution in [0.1, 0.15) is 63.0 Å². The molecule has 1 fully saturated rings. The van der Waals surface area contributed by atoms with Crippen molar-refractivity contribution in [3.63, 3.8) is 0 Å². The molecule has 2 aromatic rings. The van der Waals surface area contributed by atoms with Crippen molar-refractivity contribution in [2.24, 2.45) is 0 Å². The van der Waals surface area contributed by atoms with E-state index in [1.165, 1.54) is 5.56 Å². The van der Waals surface area contributed by atoms with Crippen LogP contribution in [0.4, 0.5) is 4.79 Å². The Bertz CT molecular complexity index is 1000. The number of nitrogens with zero attached hydrogens (tertiary/aromatic N) is 2. The summed E-state index contributed by atoms with van der Waals surface area (Å²) < 4.78 is 23.5. The lowest BCUT2D eigenvalue weighted by Crippen LogP contribution is -2.60. The van der Waals surface area contributed by atoms with Crippen LogP contribution in [0, 0.1) is 6.92 Å².